The van der Waals surface area contributed by atoms with Crippen LogP contribution < -0.4 is 5.73 Å². The van der Waals surface area contributed by atoms with Crippen molar-refractivity contribution in [2.75, 3.05) is 5.73 Å². The monoisotopic (exact) mass is 257 g/mol. The molecule has 2 N–H and O–H groups in total. The zero-order chi connectivity index (χ0) is 13.4. The van der Waals surface area contributed by atoms with E-state index in [-0.39, 0.29) is 17.6 Å². The lowest BCUT2D eigenvalue weighted by molar-refractivity contribution is -0.120. The predicted octanol–water partition coefficient (Wildman–Crippen LogP) is 2.02. The van der Waals surface area contributed by atoms with Crippen molar-refractivity contribution in [1.82, 2.24) is 9.78 Å². The number of carbonyl (C=O) groups excluding carboxylic acids is 2. The minimum Gasteiger partial charge on any atom is -0.382 e. The molecule has 5 nitrogen and oxygen atoms in total. The van der Waals surface area contributed by atoms with Crippen LogP contribution in [0.15, 0.2) is 24.3 Å². The van der Waals surface area contributed by atoms with Gasteiger partial charge in [0.1, 0.15) is 5.78 Å². The van der Waals surface area contributed by atoms with Crippen LogP contribution in [0.5, 0.6) is 0 Å². The van der Waals surface area contributed by atoms with Crippen LogP contribution in [0.1, 0.15) is 30.5 Å². The predicted molar refractivity (Wildman–Crippen MR) is 71.7 cm³/mol. The van der Waals surface area contributed by atoms with Gasteiger partial charge in [0.25, 0.3) is 5.91 Å². The number of hydrogen-bond donors (Lipinski definition) is 1. The zero-order valence-electron chi connectivity index (χ0n) is 10.5. The molecule has 98 valence electrons. The SMILES string of the molecule is Nc1nn(C(=O)C2CCC(=O)CC2)c2ccccc12. The molecule has 0 bridgehead atoms. The van der Waals surface area contributed by atoms with Crippen molar-refractivity contribution in [2.24, 2.45) is 5.92 Å². The van der Waals surface area contributed by atoms with Gasteiger partial charge in [-0.3, -0.25) is 9.59 Å². The molecule has 1 heterocycles. The lowest BCUT2D eigenvalue weighted by Gasteiger charge is -2.19. The first-order chi connectivity index (χ1) is 9.16. The highest BCUT2D eigenvalue weighted by atomic mass is 16.2. The van der Waals surface area contributed by atoms with Gasteiger partial charge >= 0.3 is 0 Å². The molecule has 0 saturated heterocycles. The average Bonchev–Trinajstić information content (AvgIpc) is 2.77. The lowest BCUT2D eigenvalue weighted by atomic mass is 9.88. The van der Waals surface area contributed by atoms with Crippen molar-refractivity contribution in [3.63, 3.8) is 0 Å². The highest BCUT2D eigenvalue weighted by Crippen LogP contribution is 2.26. The van der Waals surface area contributed by atoms with E-state index in [2.05, 4.69) is 5.10 Å². The second-order valence-electron chi connectivity index (χ2n) is 4.97. The van der Waals surface area contributed by atoms with Crippen molar-refractivity contribution in [3.8, 4) is 0 Å². The lowest BCUT2D eigenvalue weighted by Crippen LogP contribution is -2.27. The fourth-order valence-corrected chi connectivity index (χ4v) is 2.62. The van der Waals surface area contributed by atoms with Gasteiger partial charge in [-0.15, -0.1) is 5.10 Å². The zero-order valence-corrected chi connectivity index (χ0v) is 10.5. The highest BCUT2D eigenvalue weighted by molar-refractivity contribution is 5.97. The molecule has 19 heavy (non-hydrogen) atoms. The number of aromatic nitrogens is 2. The second-order valence-corrected chi connectivity index (χ2v) is 4.97. The van der Waals surface area contributed by atoms with Gasteiger partial charge in [0.05, 0.1) is 5.52 Å². The molecular weight excluding hydrogens is 242 g/mol. The largest absolute Gasteiger partial charge is 0.382 e. The van der Waals surface area contributed by atoms with Gasteiger partial charge in [-0.2, -0.15) is 4.68 Å². The second kappa shape index (κ2) is 4.50. The molecule has 1 aliphatic carbocycles. The van der Waals surface area contributed by atoms with Crippen LogP contribution in [0.2, 0.25) is 0 Å². The summed E-state index contributed by atoms with van der Waals surface area (Å²) in [4.78, 5) is 23.7. The maximum Gasteiger partial charge on any atom is 0.250 e. The minimum atomic E-state index is -0.125. The number of nitrogens with zero attached hydrogens (tertiary/aromatic N) is 2. The first kappa shape index (κ1) is 11.9. The molecule has 1 fully saturated rings. The van der Waals surface area contributed by atoms with Crippen molar-refractivity contribution >= 4 is 28.4 Å². The molecule has 0 atom stereocenters. The van der Waals surface area contributed by atoms with Gasteiger partial charge in [-0.1, -0.05) is 12.1 Å². The van der Waals surface area contributed by atoms with Crippen LogP contribution >= 0.6 is 0 Å². The summed E-state index contributed by atoms with van der Waals surface area (Å²) >= 11 is 0. The molecule has 5 heteroatoms. The third-order valence-electron chi connectivity index (χ3n) is 3.72. The van der Waals surface area contributed by atoms with E-state index in [1.54, 1.807) is 0 Å². The fraction of sp³-hybridized carbons (Fsp3) is 0.357. The summed E-state index contributed by atoms with van der Waals surface area (Å²) < 4.78 is 1.39. The van der Waals surface area contributed by atoms with Gasteiger partial charge in [0.15, 0.2) is 5.82 Å². The van der Waals surface area contributed by atoms with Crippen LogP contribution in [0.25, 0.3) is 10.9 Å². The molecule has 1 aromatic heterocycles. The number of nitrogen functional groups attached to an aromatic ring is 1. The third kappa shape index (κ3) is 2.01. The van der Waals surface area contributed by atoms with E-state index < -0.39 is 0 Å². The number of ketones is 1. The van der Waals surface area contributed by atoms with E-state index in [9.17, 15) is 9.59 Å². The molecule has 1 aromatic carbocycles. The Morgan fingerprint density at radius 3 is 2.68 bits per heavy atom. The van der Waals surface area contributed by atoms with Crippen LogP contribution in [0, 0.1) is 5.92 Å². The Hall–Kier alpha value is -2.17. The Balaban J connectivity index is 1.96. The van der Waals surface area contributed by atoms with E-state index in [1.165, 1.54) is 4.68 Å². The number of fused-ring (bicyclic) bond motifs is 1. The number of carbonyl (C=O) groups is 2. The van der Waals surface area contributed by atoms with Gasteiger partial charge in [0.2, 0.25) is 0 Å². The Kier molecular flexibility index (Phi) is 2.81. The van der Waals surface area contributed by atoms with Crippen LogP contribution in [-0.2, 0) is 4.79 Å². The third-order valence-corrected chi connectivity index (χ3v) is 3.72. The van der Waals surface area contributed by atoms with Crippen LogP contribution in [0.4, 0.5) is 5.82 Å². The number of benzene rings is 1. The topological polar surface area (TPSA) is 78.0 Å². The summed E-state index contributed by atoms with van der Waals surface area (Å²) in [5, 5.41) is 4.94. The molecule has 0 radical (unpaired) electrons. The maximum atomic E-state index is 12.5. The maximum absolute atomic E-state index is 12.5. The molecule has 3 rings (SSSR count). The Morgan fingerprint density at radius 1 is 1.26 bits per heavy atom. The standard InChI is InChI=1S/C14H15N3O2/c15-13-11-3-1-2-4-12(11)17(16-13)14(19)9-5-7-10(18)8-6-9/h1-4,9H,5-8H2,(H2,15,16). The van der Waals surface area contributed by atoms with E-state index in [0.717, 1.165) is 10.9 Å². The smallest absolute Gasteiger partial charge is 0.250 e. The van der Waals surface area contributed by atoms with Gasteiger partial charge in [-0.05, 0) is 25.0 Å². The first-order valence-corrected chi connectivity index (χ1v) is 6.46. The summed E-state index contributed by atoms with van der Waals surface area (Å²) in [5.74, 6) is 0.436. The number of para-hydroxylation sites is 1. The van der Waals surface area contributed by atoms with Gasteiger partial charge in [-0.25, -0.2) is 0 Å². The Bertz CT molecular complexity index is 650. The number of rotatable bonds is 1. The van der Waals surface area contributed by atoms with Crippen molar-refractivity contribution < 1.29 is 9.59 Å². The van der Waals surface area contributed by atoms with E-state index in [4.69, 9.17) is 5.73 Å². The Labute approximate surface area is 110 Å². The molecule has 2 aromatic rings. The fourth-order valence-electron chi connectivity index (χ4n) is 2.62. The summed E-state index contributed by atoms with van der Waals surface area (Å²) in [6, 6.07) is 7.42. The number of nitrogens with two attached hydrogens (primary N) is 1. The quantitative estimate of drug-likeness (QED) is 0.847. The molecule has 0 amide bonds. The average molecular weight is 257 g/mol. The number of Topliss-reactive ketones (excluding diaryl/α,β-unsaturated/α-hetero) is 1. The normalized spacial score (nSPS) is 16.9. The summed E-state index contributed by atoms with van der Waals surface area (Å²) in [6.07, 6.45) is 2.22. The summed E-state index contributed by atoms with van der Waals surface area (Å²) in [5.41, 5.74) is 6.57. The van der Waals surface area contributed by atoms with Crippen LogP contribution in [0.3, 0.4) is 0 Å². The first-order valence-electron chi connectivity index (χ1n) is 6.46. The molecule has 0 spiro atoms. The molecule has 0 unspecified atom stereocenters. The number of hydrogen-bond acceptors (Lipinski definition) is 4. The van der Waals surface area contributed by atoms with E-state index in [0.29, 0.717) is 31.5 Å². The van der Waals surface area contributed by atoms with Gasteiger partial charge in [0, 0.05) is 24.1 Å². The highest BCUT2D eigenvalue weighted by Gasteiger charge is 2.27. The number of anilines is 1. The summed E-state index contributed by atoms with van der Waals surface area (Å²) in [7, 11) is 0. The van der Waals surface area contributed by atoms with Crippen molar-refractivity contribution in [2.45, 2.75) is 25.7 Å². The molecule has 0 aliphatic heterocycles. The summed E-state index contributed by atoms with van der Waals surface area (Å²) in [6.45, 7) is 0. The van der Waals surface area contributed by atoms with Crippen molar-refractivity contribution in [1.29, 1.82) is 0 Å². The van der Waals surface area contributed by atoms with E-state index in [1.807, 2.05) is 24.3 Å². The van der Waals surface area contributed by atoms with E-state index >= 15 is 0 Å². The molecular formula is C14H15N3O2. The minimum absolute atomic E-state index is 0.0552. The Morgan fingerprint density at radius 2 is 1.95 bits per heavy atom. The van der Waals surface area contributed by atoms with Gasteiger partial charge < -0.3 is 5.73 Å². The molecule has 1 saturated carbocycles. The molecule has 1 aliphatic rings. The van der Waals surface area contributed by atoms with Crippen LogP contribution in [-0.4, -0.2) is 21.5 Å². The van der Waals surface area contributed by atoms with Crippen molar-refractivity contribution in [3.05, 3.63) is 24.3 Å².